The predicted octanol–water partition coefficient (Wildman–Crippen LogP) is 1.22. The van der Waals surface area contributed by atoms with Crippen LogP contribution in [0.3, 0.4) is 0 Å². The van der Waals surface area contributed by atoms with Crippen molar-refractivity contribution >= 4 is 15.8 Å². The first kappa shape index (κ1) is 15.2. The quantitative estimate of drug-likeness (QED) is 0.854. The molecule has 1 aliphatic rings. The molecule has 0 spiro atoms. The summed E-state index contributed by atoms with van der Waals surface area (Å²) in [6, 6.07) is 2.92. The van der Waals surface area contributed by atoms with E-state index in [4.69, 9.17) is 4.74 Å². The van der Waals surface area contributed by atoms with Crippen LogP contribution in [0, 0.1) is 5.92 Å². The minimum atomic E-state index is -3.51. The van der Waals surface area contributed by atoms with Crippen LogP contribution in [0.2, 0.25) is 0 Å². The Morgan fingerprint density at radius 2 is 2.10 bits per heavy atom. The van der Waals surface area contributed by atoms with Gasteiger partial charge in [-0.3, -0.25) is 0 Å². The smallest absolute Gasteiger partial charge is 0.241 e. The summed E-state index contributed by atoms with van der Waals surface area (Å²) in [7, 11) is -1.81. The van der Waals surface area contributed by atoms with Gasteiger partial charge in [0.25, 0.3) is 0 Å². The number of nitrogens with one attached hydrogen (secondary N) is 2. The summed E-state index contributed by atoms with van der Waals surface area (Å²) in [6.07, 6.45) is 3.27. The zero-order valence-corrected chi connectivity index (χ0v) is 12.6. The summed E-state index contributed by atoms with van der Waals surface area (Å²) in [6.45, 7) is 3.32. The number of anilines is 1. The van der Waals surface area contributed by atoms with Gasteiger partial charge in [0, 0.05) is 38.6 Å². The fraction of sp³-hybridized carbons (Fsp3) is 0.615. The lowest BCUT2D eigenvalue weighted by molar-refractivity contribution is 0.0585. The maximum atomic E-state index is 12.4. The van der Waals surface area contributed by atoms with Crippen LogP contribution in [-0.2, 0) is 14.8 Å². The number of sulfonamides is 1. The van der Waals surface area contributed by atoms with Crippen LogP contribution in [0.25, 0.3) is 0 Å². The number of nitrogens with zero attached hydrogens (tertiary/aromatic N) is 1. The standard InChI is InChI=1S/C13H21N3O3S/c1-10(11-4-7-19-8-5-11)16-20(17,18)12-3-6-15-13(9-12)14-2/h3,6,9-11,16H,4-5,7-8H2,1-2H3,(H,14,15). The first-order chi connectivity index (χ1) is 9.53. The lowest BCUT2D eigenvalue weighted by Crippen LogP contribution is -2.40. The van der Waals surface area contributed by atoms with Crippen LogP contribution in [0.4, 0.5) is 5.82 Å². The van der Waals surface area contributed by atoms with Gasteiger partial charge in [0.1, 0.15) is 5.82 Å². The number of aromatic nitrogens is 1. The molecule has 1 unspecified atom stereocenters. The van der Waals surface area contributed by atoms with Crippen LogP contribution in [0.1, 0.15) is 19.8 Å². The van der Waals surface area contributed by atoms with Gasteiger partial charge in [-0.05, 0) is 31.7 Å². The number of pyridine rings is 1. The first-order valence-corrected chi connectivity index (χ1v) is 8.25. The fourth-order valence-corrected chi connectivity index (χ4v) is 3.66. The van der Waals surface area contributed by atoms with Crippen molar-refractivity contribution in [3.63, 3.8) is 0 Å². The lowest BCUT2D eigenvalue weighted by Gasteiger charge is -2.28. The number of rotatable bonds is 5. The average molecular weight is 299 g/mol. The molecule has 1 aromatic rings. The topological polar surface area (TPSA) is 80.3 Å². The van der Waals surface area contributed by atoms with Crippen molar-refractivity contribution in [2.75, 3.05) is 25.6 Å². The normalized spacial score (nSPS) is 18.7. The van der Waals surface area contributed by atoms with Gasteiger partial charge in [-0.1, -0.05) is 0 Å². The molecule has 0 bridgehead atoms. The van der Waals surface area contributed by atoms with E-state index in [9.17, 15) is 8.42 Å². The second kappa shape index (κ2) is 6.51. The maximum absolute atomic E-state index is 12.4. The number of hydrogen-bond acceptors (Lipinski definition) is 5. The van der Waals surface area contributed by atoms with Gasteiger partial charge < -0.3 is 10.1 Å². The minimum absolute atomic E-state index is 0.102. The molecule has 1 saturated heterocycles. The molecule has 0 amide bonds. The van der Waals surface area contributed by atoms with Gasteiger partial charge in [-0.25, -0.2) is 18.1 Å². The summed E-state index contributed by atoms with van der Waals surface area (Å²) >= 11 is 0. The van der Waals surface area contributed by atoms with Gasteiger partial charge in [-0.15, -0.1) is 0 Å². The molecule has 2 N–H and O–H groups in total. The maximum Gasteiger partial charge on any atom is 0.241 e. The highest BCUT2D eigenvalue weighted by atomic mass is 32.2. The Morgan fingerprint density at radius 3 is 2.75 bits per heavy atom. The van der Waals surface area contributed by atoms with Crippen molar-refractivity contribution in [1.82, 2.24) is 9.71 Å². The largest absolute Gasteiger partial charge is 0.381 e. The molecule has 1 atom stereocenters. The molecule has 2 heterocycles. The molecule has 1 aromatic heterocycles. The van der Waals surface area contributed by atoms with Crippen LogP contribution >= 0.6 is 0 Å². The van der Waals surface area contributed by atoms with Crippen molar-refractivity contribution in [3.8, 4) is 0 Å². The molecule has 112 valence electrons. The molecular weight excluding hydrogens is 278 g/mol. The lowest BCUT2D eigenvalue weighted by atomic mass is 9.94. The molecule has 6 nitrogen and oxygen atoms in total. The van der Waals surface area contributed by atoms with Gasteiger partial charge in [0.05, 0.1) is 4.90 Å². The van der Waals surface area contributed by atoms with Crippen LogP contribution in [0.5, 0.6) is 0 Å². The van der Waals surface area contributed by atoms with Gasteiger partial charge in [-0.2, -0.15) is 0 Å². The van der Waals surface area contributed by atoms with Crippen LogP contribution in [0.15, 0.2) is 23.2 Å². The third-order valence-electron chi connectivity index (χ3n) is 3.61. The van der Waals surface area contributed by atoms with E-state index in [2.05, 4.69) is 15.0 Å². The van der Waals surface area contributed by atoms with E-state index < -0.39 is 10.0 Å². The van der Waals surface area contributed by atoms with Crippen LogP contribution < -0.4 is 10.0 Å². The third-order valence-corrected chi connectivity index (χ3v) is 5.17. The summed E-state index contributed by atoms with van der Waals surface area (Å²) in [5.74, 6) is 0.857. The van der Waals surface area contributed by atoms with Crippen molar-refractivity contribution in [2.24, 2.45) is 5.92 Å². The summed E-state index contributed by atoms with van der Waals surface area (Å²) in [5.41, 5.74) is 0. The molecule has 0 radical (unpaired) electrons. The molecule has 2 rings (SSSR count). The molecule has 1 fully saturated rings. The van der Waals surface area contributed by atoms with E-state index in [-0.39, 0.29) is 10.9 Å². The molecule has 1 aliphatic heterocycles. The van der Waals surface area contributed by atoms with E-state index in [1.54, 1.807) is 7.05 Å². The molecule has 0 aromatic carbocycles. The minimum Gasteiger partial charge on any atom is -0.381 e. The Balaban J connectivity index is 2.09. The third kappa shape index (κ3) is 3.68. The Morgan fingerprint density at radius 1 is 1.40 bits per heavy atom. The monoisotopic (exact) mass is 299 g/mol. The Kier molecular flexibility index (Phi) is 4.95. The van der Waals surface area contributed by atoms with Gasteiger partial charge in [0.15, 0.2) is 0 Å². The van der Waals surface area contributed by atoms with E-state index in [0.717, 1.165) is 12.8 Å². The van der Waals surface area contributed by atoms with Crippen LogP contribution in [-0.4, -0.2) is 39.7 Å². The molecular formula is C13H21N3O3S. The second-order valence-electron chi connectivity index (χ2n) is 4.99. The van der Waals surface area contributed by atoms with Crippen molar-refractivity contribution in [3.05, 3.63) is 18.3 Å². The van der Waals surface area contributed by atoms with Crippen molar-refractivity contribution in [2.45, 2.75) is 30.7 Å². The SMILES string of the molecule is CNc1cc(S(=O)(=O)NC(C)C2CCOCC2)ccn1. The fourth-order valence-electron chi connectivity index (χ4n) is 2.34. The summed E-state index contributed by atoms with van der Waals surface area (Å²) < 4.78 is 32.8. The average Bonchev–Trinajstić information content (AvgIpc) is 2.48. The number of ether oxygens (including phenoxy) is 1. The Hall–Kier alpha value is -1.18. The second-order valence-corrected chi connectivity index (χ2v) is 6.70. The van der Waals surface area contributed by atoms with Crippen molar-refractivity contribution in [1.29, 1.82) is 0 Å². The molecule has 0 saturated carbocycles. The summed E-state index contributed by atoms with van der Waals surface area (Å²) in [4.78, 5) is 4.25. The number of hydrogen-bond donors (Lipinski definition) is 2. The zero-order chi connectivity index (χ0) is 14.6. The highest BCUT2D eigenvalue weighted by Crippen LogP contribution is 2.21. The molecule has 0 aliphatic carbocycles. The van der Waals surface area contributed by atoms with Gasteiger partial charge in [0.2, 0.25) is 10.0 Å². The van der Waals surface area contributed by atoms with E-state index in [0.29, 0.717) is 24.9 Å². The highest BCUT2D eigenvalue weighted by Gasteiger charge is 2.25. The van der Waals surface area contributed by atoms with E-state index >= 15 is 0 Å². The molecule has 7 heteroatoms. The van der Waals surface area contributed by atoms with Gasteiger partial charge >= 0.3 is 0 Å². The first-order valence-electron chi connectivity index (χ1n) is 6.77. The zero-order valence-electron chi connectivity index (χ0n) is 11.8. The Labute approximate surface area is 120 Å². The predicted molar refractivity (Wildman–Crippen MR) is 77.1 cm³/mol. The summed E-state index contributed by atoms with van der Waals surface area (Å²) in [5, 5.41) is 2.84. The Bertz CT molecular complexity index is 542. The van der Waals surface area contributed by atoms with E-state index in [1.807, 2.05) is 6.92 Å². The van der Waals surface area contributed by atoms with E-state index in [1.165, 1.54) is 18.3 Å². The van der Waals surface area contributed by atoms with Crippen molar-refractivity contribution < 1.29 is 13.2 Å². The highest BCUT2D eigenvalue weighted by molar-refractivity contribution is 7.89. The molecule has 20 heavy (non-hydrogen) atoms.